The number of nitrogens with one attached hydrogen (secondary N) is 1. The van der Waals surface area contributed by atoms with Crippen LogP contribution in [0.4, 0.5) is 0 Å². The maximum absolute atomic E-state index is 12.8. The number of phosphoric acid groups is 1. The van der Waals surface area contributed by atoms with Crippen molar-refractivity contribution in [1.82, 2.24) is 5.32 Å². The maximum Gasteiger partial charge on any atom is 0.268 e. The molecular formula is C53H105N2O6P. The van der Waals surface area contributed by atoms with Gasteiger partial charge in [0, 0.05) is 6.42 Å². The molecule has 0 aliphatic carbocycles. The molecule has 2 N–H and O–H groups in total. The van der Waals surface area contributed by atoms with Crippen LogP contribution in [0.15, 0.2) is 24.3 Å². The second-order valence-corrected chi connectivity index (χ2v) is 21.0. The van der Waals surface area contributed by atoms with Crippen molar-refractivity contribution < 1.29 is 32.9 Å². The van der Waals surface area contributed by atoms with E-state index in [0.29, 0.717) is 17.4 Å². The normalized spacial score (nSPS) is 14.2. The third-order valence-corrected chi connectivity index (χ3v) is 13.1. The summed E-state index contributed by atoms with van der Waals surface area (Å²) < 4.78 is 23.2. The Labute approximate surface area is 385 Å². The Bertz CT molecular complexity index is 1060. The molecule has 0 aromatic heterocycles. The van der Waals surface area contributed by atoms with Crippen molar-refractivity contribution in [3.63, 3.8) is 0 Å². The number of unbranched alkanes of at least 4 members (excludes halogenated alkanes) is 34. The van der Waals surface area contributed by atoms with Gasteiger partial charge in [-0.2, -0.15) is 0 Å². The van der Waals surface area contributed by atoms with Crippen molar-refractivity contribution in [2.45, 2.75) is 270 Å². The Kier molecular flexibility index (Phi) is 44.4. The summed E-state index contributed by atoms with van der Waals surface area (Å²) in [7, 11) is 1.25. The number of quaternary nitrogens is 1. The highest BCUT2D eigenvalue weighted by Gasteiger charge is 2.23. The van der Waals surface area contributed by atoms with Gasteiger partial charge >= 0.3 is 0 Å². The summed E-state index contributed by atoms with van der Waals surface area (Å²) in [4.78, 5) is 25.2. The Balaban J connectivity index is 4.05. The van der Waals surface area contributed by atoms with Crippen molar-refractivity contribution in [1.29, 1.82) is 0 Å². The van der Waals surface area contributed by atoms with E-state index in [1.807, 2.05) is 27.2 Å². The van der Waals surface area contributed by atoms with Gasteiger partial charge in [0.05, 0.1) is 39.9 Å². The average molecular weight is 897 g/mol. The van der Waals surface area contributed by atoms with E-state index in [1.54, 1.807) is 6.08 Å². The predicted molar refractivity (Wildman–Crippen MR) is 265 cm³/mol. The van der Waals surface area contributed by atoms with Crippen molar-refractivity contribution in [2.24, 2.45) is 0 Å². The molecule has 0 aliphatic heterocycles. The first-order chi connectivity index (χ1) is 30.0. The molecule has 368 valence electrons. The van der Waals surface area contributed by atoms with Crippen molar-refractivity contribution in [2.75, 3.05) is 40.9 Å². The number of carbonyl (C=O) groups excluding carboxylic acids is 1. The number of carbonyl (C=O) groups is 1. The predicted octanol–water partition coefficient (Wildman–Crippen LogP) is 15.0. The lowest BCUT2D eigenvalue weighted by molar-refractivity contribution is -0.870. The lowest BCUT2D eigenvalue weighted by atomic mass is 10.0. The average Bonchev–Trinajstić information content (AvgIpc) is 3.23. The van der Waals surface area contributed by atoms with Gasteiger partial charge in [-0.1, -0.05) is 244 Å². The van der Waals surface area contributed by atoms with Gasteiger partial charge < -0.3 is 28.8 Å². The number of allylic oxidation sites excluding steroid dienone is 3. The Morgan fingerprint density at radius 3 is 1.31 bits per heavy atom. The third kappa shape index (κ3) is 47.0. The molecule has 0 bridgehead atoms. The van der Waals surface area contributed by atoms with Gasteiger partial charge in [0.15, 0.2) is 0 Å². The third-order valence-electron chi connectivity index (χ3n) is 12.2. The fourth-order valence-corrected chi connectivity index (χ4v) is 8.66. The van der Waals surface area contributed by atoms with E-state index in [4.69, 9.17) is 9.05 Å². The molecule has 0 spiro atoms. The summed E-state index contributed by atoms with van der Waals surface area (Å²) in [5.74, 6) is -0.209. The molecule has 3 unspecified atom stereocenters. The van der Waals surface area contributed by atoms with E-state index < -0.39 is 20.0 Å². The quantitative estimate of drug-likeness (QED) is 0.0273. The molecule has 0 fully saturated rings. The Morgan fingerprint density at radius 1 is 0.548 bits per heavy atom. The van der Waals surface area contributed by atoms with Crippen LogP contribution in [0.1, 0.15) is 258 Å². The minimum Gasteiger partial charge on any atom is -0.756 e. The Morgan fingerprint density at radius 2 is 0.903 bits per heavy atom. The van der Waals surface area contributed by atoms with Gasteiger partial charge in [0.2, 0.25) is 5.91 Å². The minimum atomic E-state index is -4.59. The van der Waals surface area contributed by atoms with E-state index in [-0.39, 0.29) is 19.1 Å². The second kappa shape index (κ2) is 45.1. The molecule has 0 aromatic carbocycles. The molecule has 0 heterocycles. The fourth-order valence-electron chi connectivity index (χ4n) is 7.94. The van der Waals surface area contributed by atoms with Crippen LogP contribution in [0.2, 0.25) is 0 Å². The topological polar surface area (TPSA) is 108 Å². The van der Waals surface area contributed by atoms with E-state index in [0.717, 1.165) is 38.5 Å². The van der Waals surface area contributed by atoms with Gasteiger partial charge in [-0.15, -0.1) is 0 Å². The van der Waals surface area contributed by atoms with E-state index in [9.17, 15) is 19.4 Å². The van der Waals surface area contributed by atoms with Crippen LogP contribution in [0.5, 0.6) is 0 Å². The van der Waals surface area contributed by atoms with Crippen LogP contribution >= 0.6 is 7.82 Å². The van der Waals surface area contributed by atoms with E-state index in [1.165, 1.54) is 199 Å². The lowest BCUT2D eigenvalue weighted by Gasteiger charge is -2.29. The van der Waals surface area contributed by atoms with Crippen LogP contribution in [0.3, 0.4) is 0 Å². The summed E-state index contributed by atoms with van der Waals surface area (Å²) in [5.41, 5.74) is 0. The fraction of sp³-hybridized carbons (Fsp3) is 0.906. The van der Waals surface area contributed by atoms with E-state index >= 15 is 0 Å². The zero-order chi connectivity index (χ0) is 45.7. The molecule has 0 radical (unpaired) electrons. The summed E-state index contributed by atoms with van der Waals surface area (Å²) >= 11 is 0. The number of phosphoric ester groups is 1. The number of hydrogen-bond donors (Lipinski definition) is 2. The lowest BCUT2D eigenvalue weighted by Crippen LogP contribution is -2.45. The second-order valence-electron chi connectivity index (χ2n) is 19.6. The number of rotatable bonds is 49. The number of hydrogen-bond acceptors (Lipinski definition) is 6. The molecule has 0 rings (SSSR count). The van der Waals surface area contributed by atoms with Gasteiger partial charge in [0.1, 0.15) is 13.2 Å². The monoisotopic (exact) mass is 897 g/mol. The highest BCUT2D eigenvalue weighted by Crippen LogP contribution is 2.38. The molecule has 3 atom stereocenters. The maximum atomic E-state index is 12.8. The molecule has 0 aromatic rings. The highest BCUT2D eigenvalue weighted by molar-refractivity contribution is 7.45. The molecule has 62 heavy (non-hydrogen) atoms. The smallest absolute Gasteiger partial charge is 0.268 e. The summed E-state index contributed by atoms with van der Waals surface area (Å²) in [5, 5.41) is 13.8. The van der Waals surface area contributed by atoms with Crippen molar-refractivity contribution >= 4 is 13.7 Å². The van der Waals surface area contributed by atoms with Gasteiger partial charge in [-0.25, -0.2) is 0 Å². The summed E-state index contributed by atoms with van der Waals surface area (Å²) in [6.45, 7) is 4.62. The number of amides is 1. The SMILES string of the molecule is CCCCCCCCCCCCCCCCCCCCCCCCCCC/C=C/CC/C=C/C(O)C(COP(=O)([O-])OCC[N+](C)(C)C)NC(=O)CCCCCCCCCCC. The summed E-state index contributed by atoms with van der Waals surface area (Å²) in [6.07, 6.45) is 55.7. The number of aliphatic hydroxyl groups excluding tert-OH is 1. The first-order valence-corrected chi connectivity index (χ1v) is 28.2. The molecular weight excluding hydrogens is 792 g/mol. The van der Waals surface area contributed by atoms with Crippen molar-refractivity contribution in [3.8, 4) is 0 Å². The van der Waals surface area contributed by atoms with Gasteiger partial charge in [-0.3, -0.25) is 9.36 Å². The summed E-state index contributed by atoms with van der Waals surface area (Å²) in [6, 6.07) is -0.898. The largest absolute Gasteiger partial charge is 0.756 e. The zero-order valence-electron chi connectivity index (χ0n) is 41.8. The van der Waals surface area contributed by atoms with Crippen LogP contribution < -0.4 is 10.2 Å². The zero-order valence-corrected chi connectivity index (χ0v) is 42.7. The van der Waals surface area contributed by atoms with Gasteiger partial charge in [0.25, 0.3) is 7.82 Å². The van der Waals surface area contributed by atoms with Crippen LogP contribution in [0, 0.1) is 0 Å². The molecule has 8 nitrogen and oxygen atoms in total. The van der Waals surface area contributed by atoms with Crippen molar-refractivity contribution in [3.05, 3.63) is 24.3 Å². The molecule has 9 heteroatoms. The first-order valence-electron chi connectivity index (χ1n) is 26.7. The number of nitrogens with zero attached hydrogens (tertiary/aromatic N) is 1. The molecule has 0 aliphatic rings. The highest BCUT2D eigenvalue weighted by atomic mass is 31.2. The van der Waals surface area contributed by atoms with E-state index in [2.05, 4.69) is 31.3 Å². The molecule has 0 saturated heterocycles. The molecule has 1 amide bonds. The Hall–Kier alpha value is -1.02. The number of aliphatic hydroxyl groups is 1. The standard InChI is InChI=1S/C53H105N2O6P/c1-6-8-10-12-14-16-17-18-19-20-21-22-23-24-25-26-27-28-29-30-31-32-33-34-35-36-37-39-40-42-44-46-52(56)51(50-61-62(58,59)60-49-48-55(3,4)5)54-53(57)47-45-43-41-38-15-13-11-9-7-2/h37,39,44,46,51-52,56H,6-36,38,40-43,45,47-50H2,1-5H3,(H-,54,57,58,59)/b39-37+,46-44+. The van der Waals surface area contributed by atoms with Gasteiger partial charge in [-0.05, 0) is 32.1 Å². The minimum absolute atomic E-state index is 0.00440. The van der Waals surface area contributed by atoms with Crippen LogP contribution in [-0.2, 0) is 18.4 Å². The number of likely N-dealkylation sites (N-methyl/N-ethyl adjacent to an activating group) is 1. The first kappa shape index (κ1) is 61.0. The van der Waals surface area contributed by atoms with Crippen LogP contribution in [-0.4, -0.2) is 68.5 Å². The van der Waals surface area contributed by atoms with Crippen LogP contribution in [0.25, 0.3) is 0 Å². The molecule has 0 saturated carbocycles.